The molecular weight excluding hydrogens is 248 g/mol. The molecule has 0 radical (unpaired) electrons. The maximum Gasteiger partial charge on any atom is 0.312 e. The molecular formula is C14H18O5. The maximum atomic E-state index is 12.3. The second-order valence-corrected chi connectivity index (χ2v) is 6.31. The predicted octanol–water partition coefficient (Wildman–Crippen LogP) is 1.40. The molecule has 0 amide bonds. The van der Waals surface area contributed by atoms with Crippen LogP contribution in [0.1, 0.15) is 38.5 Å². The lowest BCUT2D eigenvalue weighted by atomic mass is 9.49. The van der Waals surface area contributed by atoms with Gasteiger partial charge in [-0.05, 0) is 38.0 Å². The molecule has 4 aliphatic carbocycles. The summed E-state index contributed by atoms with van der Waals surface area (Å²) in [5, 5.41) is 8.56. The third-order valence-corrected chi connectivity index (χ3v) is 4.98. The zero-order chi connectivity index (χ0) is 13.6. The lowest BCUT2D eigenvalue weighted by molar-refractivity contribution is -0.174. The van der Waals surface area contributed by atoms with Gasteiger partial charge in [-0.1, -0.05) is 0 Å². The Balaban J connectivity index is 1.68. The van der Waals surface area contributed by atoms with Crippen molar-refractivity contribution in [1.82, 2.24) is 0 Å². The van der Waals surface area contributed by atoms with Crippen molar-refractivity contribution in [2.45, 2.75) is 38.5 Å². The Morgan fingerprint density at radius 2 is 1.84 bits per heavy atom. The fourth-order valence-electron chi connectivity index (χ4n) is 4.38. The van der Waals surface area contributed by atoms with Crippen LogP contribution in [0.5, 0.6) is 0 Å². The van der Waals surface area contributed by atoms with Crippen LogP contribution in [-0.4, -0.2) is 29.4 Å². The van der Waals surface area contributed by atoms with Crippen LogP contribution >= 0.6 is 0 Å². The largest absolute Gasteiger partial charge is 0.481 e. The topological polar surface area (TPSA) is 80.7 Å². The molecule has 0 saturated heterocycles. The molecule has 4 aliphatic rings. The summed E-state index contributed by atoms with van der Waals surface area (Å²) in [6.45, 7) is -0.0656. The summed E-state index contributed by atoms with van der Waals surface area (Å²) in [6.07, 6.45) is 3.75. The van der Waals surface area contributed by atoms with Gasteiger partial charge in [0.2, 0.25) is 0 Å². The van der Waals surface area contributed by atoms with Crippen molar-refractivity contribution >= 4 is 17.7 Å². The van der Waals surface area contributed by atoms with Gasteiger partial charge in [0.25, 0.3) is 0 Å². The summed E-state index contributed by atoms with van der Waals surface area (Å²) in [5.74, 6) is -0.349. The highest BCUT2D eigenvalue weighted by Crippen LogP contribution is 2.58. The third-order valence-electron chi connectivity index (χ3n) is 4.98. The van der Waals surface area contributed by atoms with Gasteiger partial charge in [0.15, 0.2) is 0 Å². The lowest BCUT2D eigenvalue weighted by Crippen LogP contribution is -2.54. The first-order chi connectivity index (χ1) is 9.00. The predicted molar refractivity (Wildman–Crippen MR) is 64.2 cm³/mol. The highest BCUT2D eigenvalue weighted by molar-refractivity contribution is 5.89. The fraction of sp³-hybridized carbons (Fsp3) is 0.786. The van der Waals surface area contributed by atoms with E-state index in [2.05, 4.69) is 0 Å². The van der Waals surface area contributed by atoms with Crippen molar-refractivity contribution in [3.05, 3.63) is 0 Å². The van der Waals surface area contributed by atoms with Crippen LogP contribution in [0.4, 0.5) is 0 Å². The van der Waals surface area contributed by atoms with Crippen LogP contribution in [0.3, 0.4) is 0 Å². The molecule has 0 aromatic carbocycles. The van der Waals surface area contributed by atoms with Crippen LogP contribution in [0.2, 0.25) is 0 Å². The van der Waals surface area contributed by atoms with Gasteiger partial charge in [0.1, 0.15) is 12.4 Å². The molecule has 1 N–H and O–H groups in total. The molecule has 0 aromatic rings. The normalized spacial score (nSPS) is 39.4. The van der Waals surface area contributed by atoms with Gasteiger partial charge in [-0.3, -0.25) is 14.4 Å². The van der Waals surface area contributed by atoms with E-state index in [-0.39, 0.29) is 30.8 Å². The molecule has 4 rings (SSSR count). The minimum atomic E-state index is -0.964. The van der Waals surface area contributed by atoms with E-state index in [0.717, 1.165) is 19.3 Å². The molecule has 5 nitrogen and oxygen atoms in total. The number of aliphatic carboxylic acids is 1. The van der Waals surface area contributed by atoms with Crippen molar-refractivity contribution < 1.29 is 24.2 Å². The molecule has 0 spiro atoms. The fourth-order valence-corrected chi connectivity index (χ4v) is 4.38. The summed E-state index contributed by atoms with van der Waals surface area (Å²) < 4.78 is 5.14. The second kappa shape index (κ2) is 4.32. The Kier molecular flexibility index (Phi) is 2.87. The zero-order valence-electron chi connectivity index (χ0n) is 10.8. The van der Waals surface area contributed by atoms with E-state index in [9.17, 15) is 14.4 Å². The Hall–Kier alpha value is -1.39. The molecule has 0 aliphatic heterocycles. The summed E-state index contributed by atoms with van der Waals surface area (Å²) in [7, 11) is 0. The summed E-state index contributed by atoms with van der Waals surface area (Å²) in [4.78, 5) is 34.7. The number of hydrogen-bond acceptors (Lipinski definition) is 4. The minimum Gasteiger partial charge on any atom is -0.481 e. The number of esters is 1. The molecule has 4 saturated carbocycles. The Bertz CT molecular complexity index is 423. The van der Waals surface area contributed by atoms with Gasteiger partial charge in [-0.15, -0.1) is 0 Å². The van der Waals surface area contributed by atoms with E-state index in [1.54, 1.807) is 0 Å². The number of hydrogen-bond donors (Lipinski definition) is 1. The second-order valence-electron chi connectivity index (χ2n) is 6.31. The number of carbonyl (C=O) groups excluding carboxylic acids is 2. The lowest BCUT2D eigenvalue weighted by Gasteiger charge is -2.53. The molecule has 2 atom stereocenters. The van der Waals surface area contributed by atoms with Gasteiger partial charge in [-0.25, -0.2) is 0 Å². The summed E-state index contributed by atoms with van der Waals surface area (Å²) in [5.41, 5.74) is -0.497. The number of ketones is 1. The minimum absolute atomic E-state index is 0.0401. The highest BCUT2D eigenvalue weighted by atomic mass is 16.5. The summed E-state index contributed by atoms with van der Waals surface area (Å²) in [6, 6.07) is 0. The molecule has 2 unspecified atom stereocenters. The van der Waals surface area contributed by atoms with E-state index < -0.39 is 11.4 Å². The Morgan fingerprint density at radius 1 is 1.21 bits per heavy atom. The van der Waals surface area contributed by atoms with Crippen molar-refractivity contribution in [2.24, 2.45) is 23.2 Å². The van der Waals surface area contributed by atoms with Gasteiger partial charge in [-0.2, -0.15) is 0 Å². The van der Waals surface area contributed by atoms with Gasteiger partial charge in [0.05, 0.1) is 11.8 Å². The van der Waals surface area contributed by atoms with E-state index in [1.807, 2.05) is 0 Å². The van der Waals surface area contributed by atoms with Crippen LogP contribution < -0.4 is 0 Å². The number of Topliss-reactive ketones (excluding diaryl/α,β-unsaturated/α-hetero) is 1. The van der Waals surface area contributed by atoms with Crippen molar-refractivity contribution in [1.29, 1.82) is 0 Å². The van der Waals surface area contributed by atoms with Gasteiger partial charge >= 0.3 is 11.9 Å². The SMILES string of the molecule is O=C(O)CCOC(=O)C12CC3CC(C1)C(=O)C(C3)C2. The number of carbonyl (C=O) groups is 3. The van der Waals surface area contributed by atoms with Crippen LogP contribution in [0, 0.1) is 23.2 Å². The molecule has 4 fully saturated rings. The van der Waals surface area contributed by atoms with Crippen molar-refractivity contribution in [3.63, 3.8) is 0 Å². The molecule has 5 heteroatoms. The zero-order valence-corrected chi connectivity index (χ0v) is 10.8. The van der Waals surface area contributed by atoms with Gasteiger partial charge in [0, 0.05) is 11.8 Å². The number of rotatable bonds is 4. The van der Waals surface area contributed by atoms with Crippen LogP contribution in [0.15, 0.2) is 0 Å². The smallest absolute Gasteiger partial charge is 0.312 e. The monoisotopic (exact) mass is 266 g/mol. The number of ether oxygens (including phenoxy) is 1. The Labute approximate surface area is 111 Å². The average molecular weight is 266 g/mol. The van der Waals surface area contributed by atoms with Crippen molar-refractivity contribution in [2.75, 3.05) is 6.61 Å². The Morgan fingerprint density at radius 3 is 2.42 bits per heavy atom. The van der Waals surface area contributed by atoms with Crippen molar-refractivity contribution in [3.8, 4) is 0 Å². The van der Waals surface area contributed by atoms with Crippen LogP contribution in [0.25, 0.3) is 0 Å². The van der Waals surface area contributed by atoms with E-state index in [1.165, 1.54) is 0 Å². The van der Waals surface area contributed by atoms with Gasteiger partial charge < -0.3 is 9.84 Å². The number of carboxylic acid groups (broad SMARTS) is 1. The molecule has 4 bridgehead atoms. The molecule has 0 aromatic heterocycles. The van der Waals surface area contributed by atoms with E-state index in [4.69, 9.17) is 9.84 Å². The maximum absolute atomic E-state index is 12.3. The summed E-state index contributed by atoms with van der Waals surface area (Å²) >= 11 is 0. The molecule has 0 heterocycles. The highest BCUT2D eigenvalue weighted by Gasteiger charge is 2.58. The first-order valence-electron chi connectivity index (χ1n) is 6.93. The standard InChI is InChI=1S/C14H18O5/c15-11(16)1-2-19-13(18)14-5-8-3-9(6-14)12(17)10(4-8)7-14/h8-10H,1-7H2,(H,15,16). The first kappa shape index (κ1) is 12.6. The van der Waals surface area contributed by atoms with Crippen LogP contribution in [-0.2, 0) is 19.1 Å². The van der Waals surface area contributed by atoms with E-state index in [0.29, 0.717) is 24.5 Å². The molecule has 104 valence electrons. The quantitative estimate of drug-likeness (QED) is 0.778. The first-order valence-corrected chi connectivity index (χ1v) is 6.93. The van der Waals surface area contributed by atoms with E-state index >= 15 is 0 Å². The molecule has 19 heavy (non-hydrogen) atoms. The number of carboxylic acids is 1. The average Bonchev–Trinajstić information content (AvgIpc) is 2.34. The third kappa shape index (κ3) is 2.05.